The lowest BCUT2D eigenvalue weighted by Gasteiger charge is -2.61. The maximum absolute atomic E-state index is 13.5. The van der Waals surface area contributed by atoms with Crippen LogP contribution in [0.1, 0.15) is 70.4 Å². The molecule has 164 valence electrons. The van der Waals surface area contributed by atoms with Gasteiger partial charge in [-0.3, -0.25) is 14.5 Å². The maximum Gasteiger partial charge on any atom is 0.226 e. The van der Waals surface area contributed by atoms with Gasteiger partial charge in [-0.05, 0) is 74.6 Å². The Balaban J connectivity index is 1.47. The van der Waals surface area contributed by atoms with Crippen molar-refractivity contribution >= 4 is 11.8 Å². The summed E-state index contributed by atoms with van der Waals surface area (Å²) in [5.41, 5.74) is 2.04. The van der Waals surface area contributed by atoms with Gasteiger partial charge in [0.2, 0.25) is 11.8 Å². The summed E-state index contributed by atoms with van der Waals surface area (Å²) in [6, 6.07) is 8.46. The standard InChI is InChI=1S/C25H37N3O2/c1-4-28(5-2)16-22-9-7-6-8-21(22)15-26-23(30)24-11-19-10-20(12-24)14-25(13-19,17-24)27-18(3)29/h6-9,19-20H,4-5,10-17H2,1-3H3,(H,26,30)(H,27,29)/t19-,20-,24?,25?/m1/s1. The number of hydrogen-bond donors (Lipinski definition) is 2. The third-order valence-corrected chi connectivity index (χ3v) is 7.83. The van der Waals surface area contributed by atoms with Crippen molar-refractivity contribution in [3.63, 3.8) is 0 Å². The van der Waals surface area contributed by atoms with Gasteiger partial charge in [-0.1, -0.05) is 38.1 Å². The Labute approximate surface area is 181 Å². The quantitative estimate of drug-likeness (QED) is 0.687. The summed E-state index contributed by atoms with van der Waals surface area (Å²) >= 11 is 0. The number of benzene rings is 1. The minimum Gasteiger partial charge on any atom is -0.352 e. The SMILES string of the molecule is CCN(CC)Cc1ccccc1CNC(=O)C12C[C@H]3C[C@@H](CC(NC(C)=O)(C3)C1)C2. The van der Waals surface area contributed by atoms with Crippen molar-refractivity contribution in [2.45, 2.75) is 77.9 Å². The van der Waals surface area contributed by atoms with Gasteiger partial charge >= 0.3 is 0 Å². The van der Waals surface area contributed by atoms with Crippen LogP contribution in [-0.4, -0.2) is 35.3 Å². The predicted octanol–water partition coefficient (Wildman–Crippen LogP) is 3.62. The zero-order valence-electron chi connectivity index (χ0n) is 18.8. The lowest BCUT2D eigenvalue weighted by atomic mass is 9.46. The fraction of sp³-hybridized carbons (Fsp3) is 0.680. The highest BCUT2D eigenvalue weighted by atomic mass is 16.2. The van der Waals surface area contributed by atoms with E-state index in [0.717, 1.165) is 51.7 Å². The van der Waals surface area contributed by atoms with Crippen molar-refractivity contribution in [3.05, 3.63) is 35.4 Å². The van der Waals surface area contributed by atoms with Gasteiger partial charge in [0, 0.05) is 25.6 Å². The number of nitrogens with zero attached hydrogens (tertiary/aromatic N) is 1. The van der Waals surface area contributed by atoms with Gasteiger partial charge in [-0.25, -0.2) is 0 Å². The van der Waals surface area contributed by atoms with Crippen molar-refractivity contribution in [1.82, 2.24) is 15.5 Å². The first-order chi connectivity index (χ1) is 14.4. The van der Waals surface area contributed by atoms with Gasteiger partial charge < -0.3 is 10.6 Å². The van der Waals surface area contributed by atoms with Gasteiger partial charge in [0.1, 0.15) is 0 Å². The van der Waals surface area contributed by atoms with Crippen molar-refractivity contribution in [3.8, 4) is 0 Å². The van der Waals surface area contributed by atoms with E-state index in [0.29, 0.717) is 18.4 Å². The fourth-order valence-corrected chi connectivity index (χ4v) is 6.98. The molecule has 2 N–H and O–H groups in total. The Bertz CT molecular complexity index is 787. The molecule has 0 heterocycles. The van der Waals surface area contributed by atoms with Crippen molar-refractivity contribution in [2.24, 2.45) is 17.3 Å². The summed E-state index contributed by atoms with van der Waals surface area (Å²) < 4.78 is 0. The topological polar surface area (TPSA) is 61.4 Å². The third-order valence-electron chi connectivity index (χ3n) is 7.83. The van der Waals surface area contributed by atoms with Gasteiger partial charge in [-0.2, -0.15) is 0 Å². The molecule has 1 aromatic rings. The summed E-state index contributed by atoms with van der Waals surface area (Å²) in [4.78, 5) is 27.8. The first kappa shape index (κ1) is 21.4. The van der Waals surface area contributed by atoms with Gasteiger partial charge in [0.25, 0.3) is 0 Å². The molecule has 4 saturated carbocycles. The highest BCUT2D eigenvalue weighted by Crippen LogP contribution is 2.61. The molecule has 4 aliphatic carbocycles. The zero-order valence-corrected chi connectivity index (χ0v) is 18.8. The number of hydrogen-bond acceptors (Lipinski definition) is 3. The Kier molecular flexibility index (Phi) is 5.93. The molecule has 5 heteroatoms. The van der Waals surface area contributed by atoms with Crippen LogP contribution in [0, 0.1) is 17.3 Å². The second-order valence-corrected chi connectivity index (χ2v) is 10.1. The molecule has 5 nitrogen and oxygen atoms in total. The van der Waals surface area contributed by atoms with Gasteiger partial charge in [0.05, 0.1) is 5.41 Å². The molecular weight excluding hydrogens is 374 g/mol. The monoisotopic (exact) mass is 411 g/mol. The minimum absolute atomic E-state index is 0.0397. The van der Waals surface area contributed by atoms with E-state index in [9.17, 15) is 9.59 Å². The lowest BCUT2D eigenvalue weighted by Crippen LogP contribution is -2.65. The van der Waals surface area contributed by atoms with Crippen LogP contribution in [0.15, 0.2) is 24.3 Å². The first-order valence-corrected chi connectivity index (χ1v) is 11.7. The van der Waals surface area contributed by atoms with E-state index in [4.69, 9.17) is 0 Å². The molecule has 2 amide bonds. The van der Waals surface area contributed by atoms with E-state index >= 15 is 0 Å². The van der Waals surface area contributed by atoms with E-state index < -0.39 is 0 Å². The summed E-state index contributed by atoms with van der Waals surface area (Å²) in [6.45, 7) is 9.53. The van der Waals surface area contributed by atoms with Crippen LogP contribution in [0.25, 0.3) is 0 Å². The predicted molar refractivity (Wildman–Crippen MR) is 119 cm³/mol. The summed E-state index contributed by atoms with van der Waals surface area (Å²) in [5.74, 6) is 1.37. The molecule has 4 fully saturated rings. The molecule has 0 saturated heterocycles. The van der Waals surface area contributed by atoms with Crippen LogP contribution < -0.4 is 10.6 Å². The first-order valence-electron chi connectivity index (χ1n) is 11.7. The number of carbonyl (C=O) groups is 2. The molecule has 0 radical (unpaired) electrons. The van der Waals surface area contributed by atoms with Crippen LogP contribution in [0.4, 0.5) is 0 Å². The Morgan fingerprint density at radius 2 is 1.67 bits per heavy atom. The molecular formula is C25H37N3O2. The van der Waals surface area contributed by atoms with Crippen LogP contribution in [-0.2, 0) is 22.7 Å². The third kappa shape index (κ3) is 4.14. The minimum atomic E-state index is -0.305. The number of nitrogens with one attached hydrogen (secondary N) is 2. The average Bonchev–Trinajstić information content (AvgIpc) is 2.68. The van der Waals surface area contributed by atoms with E-state index in [1.54, 1.807) is 6.92 Å². The molecule has 0 spiro atoms. The lowest BCUT2D eigenvalue weighted by molar-refractivity contribution is -0.153. The fourth-order valence-electron chi connectivity index (χ4n) is 6.98. The van der Waals surface area contributed by atoms with Crippen LogP contribution >= 0.6 is 0 Å². The van der Waals surface area contributed by atoms with E-state index in [2.05, 4.69) is 53.6 Å². The second kappa shape index (κ2) is 8.33. The molecule has 2 atom stereocenters. The summed E-state index contributed by atoms with van der Waals surface area (Å²) in [5, 5.41) is 6.57. The van der Waals surface area contributed by atoms with Gasteiger partial charge in [0.15, 0.2) is 0 Å². The van der Waals surface area contributed by atoms with Crippen molar-refractivity contribution in [2.75, 3.05) is 13.1 Å². The van der Waals surface area contributed by atoms with Gasteiger partial charge in [-0.15, -0.1) is 0 Å². The highest BCUT2D eigenvalue weighted by molar-refractivity contribution is 5.84. The van der Waals surface area contributed by atoms with Crippen molar-refractivity contribution in [1.29, 1.82) is 0 Å². The smallest absolute Gasteiger partial charge is 0.226 e. The Morgan fingerprint density at radius 1 is 1.03 bits per heavy atom. The summed E-state index contributed by atoms with van der Waals surface area (Å²) in [7, 11) is 0. The summed E-state index contributed by atoms with van der Waals surface area (Å²) in [6.07, 6.45) is 6.09. The molecule has 4 aliphatic rings. The number of carbonyl (C=O) groups excluding carboxylic acids is 2. The molecule has 0 aromatic heterocycles. The van der Waals surface area contributed by atoms with E-state index in [1.165, 1.54) is 17.5 Å². The zero-order chi connectivity index (χ0) is 21.4. The number of rotatable bonds is 8. The molecule has 4 bridgehead atoms. The number of amides is 2. The normalized spacial score (nSPS) is 31.7. The second-order valence-electron chi connectivity index (χ2n) is 10.1. The van der Waals surface area contributed by atoms with Crippen LogP contribution in [0.3, 0.4) is 0 Å². The Hall–Kier alpha value is -1.88. The molecule has 5 rings (SSSR count). The largest absolute Gasteiger partial charge is 0.352 e. The molecule has 0 unspecified atom stereocenters. The molecule has 0 aliphatic heterocycles. The highest BCUT2D eigenvalue weighted by Gasteiger charge is 2.60. The molecule has 30 heavy (non-hydrogen) atoms. The average molecular weight is 412 g/mol. The maximum atomic E-state index is 13.5. The Morgan fingerprint density at radius 3 is 2.27 bits per heavy atom. The van der Waals surface area contributed by atoms with Crippen LogP contribution in [0.5, 0.6) is 0 Å². The van der Waals surface area contributed by atoms with Crippen molar-refractivity contribution < 1.29 is 9.59 Å². The van der Waals surface area contributed by atoms with E-state index in [1.807, 2.05) is 0 Å². The molecule has 1 aromatic carbocycles. The van der Waals surface area contributed by atoms with E-state index in [-0.39, 0.29) is 22.8 Å². The van der Waals surface area contributed by atoms with Crippen LogP contribution in [0.2, 0.25) is 0 Å².